The van der Waals surface area contributed by atoms with Gasteiger partial charge in [0.2, 0.25) is 5.95 Å². The number of aryl methyl sites for hydroxylation is 1. The maximum absolute atomic E-state index is 5.55. The Morgan fingerprint density at radius 3 is 2.89 bits per heavy atom. The van der Waals surface area contributed by atoms with Crippen molar-refractivity contribution in [1.82, 2.24) is 19.9 Å². The Morgan fingerprint density at radius 1 is 1.19 bits per heavy atom. The van der Waals surface area contributed by atoms with E-state index in [9.17, 15) is 0 Å². The highest BCUT2D eigenvalue weighted by molar-refractivity contribution is 5.87. The fourth-order valence-electron chi connectivity index (χ4n) is 3.37. The molecule has 1 saturated heterocycles. The largest absolute Gasteiger partial charge is 0.377 e. The van der Waals surface area contributed by atoms with Crippen molar-refractivity contribution in [2.75, 3.05) is 30.0 Å². The molecule has 0 radical (unpaired) electrons. The lowest BCUT2D eigenvalue weighted by atomic mass is 10.1. The fraction of sp³-hybridized carbons (Fsp3) is 0.400. The number of fused-ring (bicyclic) bond motifs is 1. The van der Waals surface area contributed by atoms with Crippen molar-refractivity contribution < 1.29 is 4.74 Å². The Labute approximate surface area is 158 Å². The molecule has 0 spiro atoms. The summed E-state index contributed by atoms with van der Waals surface area (Å²) in [5.41, 5.74) is 2.98. The lowest BCUT2D eigenvalue weighted by Gasteiger charge is -2.33. The van der Waals surface area contributed by atoms with Gasteiger partial charge in [-0.15, -0.1) is 0 Å². The number of hydrogen-bond donors (Lipinski definition) is 1. The Bertz CT molecular complexity index is 931. The van der Waals surface area contributed by atoms with Gasteiger partial charge in [0.25, 0.3) is 0 Å². The monoisotopic (exact) mass is 364 g/mol. The molecule has 4 heterocycles. The van der Waals surface area contributed by atoms with Crippen LogP contribution in [-0.4, -0.2) is 45.7 Å². The maximum atomic E-state index is 5.55. The molecular formula is C20H24N6O. The molecule has 1 unspecified atom stereocenters. The van der Waals surface area contributed by atoms with Crippen LogP contribution in [-0.2, 0) is 17.7 Å². The van der Waals surface area contributed by atoms with E-state index in [-0.39, 0.29) is 6.04 Å². The van der Waals surface area contributed by atoms with Crippen LogP contribution in [0.1, 0.15) is 25.1 Å². The SMILES string of the molecule is CCc1ncccc1CNc1nc(N2CCOCC2C)nc2ncccc12. The van der Waals surface area contributed by atoms with Crippen LogP contribution in [0.15, 0.2) is 36.7 Å². The molecule has 1 aliphatic rings. The van der Waals surface area contributed by atoms with Crippen LogP contribution in [0.5, 0.6) is 0 Å². The summed E-state index contributed by atoms with van der Waals surface area (Å²) in [5.74, 6) is 1.49. The van der Waals surface area contributed by atoms with Gasteiger partial charge in [-0.25, -0.2) is 4.98 Å². The number of morpholine rings is 1. The first-order chi connectivity index (χ1) is 13.3. The van der Waals surface area contributed by atoms with E-state index in [4.69, 9.17) is 14.7 Å². The van der Waals surface area contributed by atoms with Gasteiger partial charge in [0, 0.05) is 31.2 Å². The number of nitrogens with zero attached hydrogens (tertiary/aromatic N) is 5. The average molecular weight is 364 g/mol. The first-order valence-electron chi connectivity index (χ1n) is 9.40. The van der Waals surface area contributed by atoms with Gasteiger partial charge in [0.15, 0.2) is 5.65 Å². The van der Waals surface area contributed by atoms with Crippen LogP contribution in [0.25, 0.3) is 11.0 Å². The lowest BCUT2D eigenvalue weighted by Crippen LogP contribution is -2.44. The molecule has 3 aromatic heterocycles. The van der Waals surface area contributed by atoms with E-state index in [0.29, 0.717) is 31.4 Å². The molecule has 0 saturated carbocycles. The molecule has 7 nitrogen and oxygen atoms in total. The van der Waals surface area contributed by atoms with Gasteiger partial charge >= 0.3 is 0 Å². The number of ether oxygens (including phenoxy) is 1. The summed E-state index contributed by atoms with van der Waals surface area (Å²) in [6, 6.07) is 8.22. The summed E-state index contributed by atoms with van der Waals surface area (Å²) in [6.07, 6.45) is 4.51. The third kappa shape index (κ3) is 3.68. The van der Waals surface area contributed by atoms with Gasteiger partial charge < -0.3 is 15.0 Å². The second-order valence-electron chi connectivity index (χ2n) is 6.68. The molecule has 1 aliphatic heterocycles. The number of nitrogens with one attached hydrogen (secondary N) is 1. The van der Waals surface area contributed by atoms with Gasteiger partial charge in [0.1, 0.15) is 5.82 Å². The molecule has 0 aliphatic carbocycles. The van der Waals surface area contributed by atoms with E-state index in [1.54, 1.807) is 6.20 Å². The Morgan fingerprint density at radius 2 is 2.04 bits per heavy atom. The molecule has 4 rings (SSSR count). The molecule has 1 N–H and O–H groups in total. The summed E-state index contributed by atoms with van der Waals surface area (Å²) in [6.45, 7) is 7.06. The predicted molar refractivity (Wildman–Crippen MR) is 106 cm³/mol. The molecule has 1 fully saturated rings. The zero-order valence-corrected chi connectivity index (χ0v) is 15.7. The second kappa shape index (κ2) is 7.84. The highest BCUT2D eigenvalue weighted by atomic mass is 16.5. The lowest BCUT2D eigenvalue weighted by molar-refractivity contribution is 0.0981. The minimum Gasteiger partial charge on any atom is -0.377 e. The first kappa shape index (κ1) is 17.6. The topological polar surface area (TPSA) is 76.1 Å². The molecular weight excluding hydrogens is 340 g/mol. The zero-order chi connectivity index (χ0) is 18.6. The Balaban J connectivity index is 1.68. The van der Waals surface area contributed by atoms with Crippen LogP contribution < -0.4 is 10.2 Å². The van der Waals surface area contributed by atoms with E-state index < -0.39 is 0 Å². The summed E-state index contributed by atoms with van der Waals surface area (Å²) in [7, 11) is 0. The number of anilines is 2. The Kier molecular flexibility index (Phi) is 5.11. The minimum absolute atomic E-state index is 0.234. The summed E-state index contributed by atoms with van der Waals surface area (Å²) < 4.78 is 5.55. The van der Waals surface area contributed by atoms with Gasteiger partial charge in [0.05, 0.1) is 24.6 Å². The van der Waals surface area contributed by atoms with Gasteiger partial charge in [-0.2, -0.15) is 9.97 Å². The molecule has 1 atom stereocenters. The number of rotatable bonds is 5. The van der Waals surface area contributed by atoms with Crippen molar-refractivity contribution in [2.24, 2.45) is 0 Å². The standard InChI is InChI=1S/C20H24N6O/c1-3-17-15(6-4-8-21-17)12-23-19-16-7-5-9-22-18(16)24-20(25-19)26-10-11-27-13-14(26)2/h4-9,14H,3,10-13H2,1-2H3,(H,22,23,24,25). The summed E-state index contributed by atoms with van der Waals surface area (Å²) >= 11 is 0. The molecule has 140 valence electrons. The third-order valence-electron chi connectivity index (χ3n) is 4.85. The van der Waals surface area contributed by atoms with Gasteiger partial charge in [-0.1, -0.05) is 13.0 Å². The average Bonchev–Trinajstić information content (AvgIpc) is 2.72. The molecule has 0 aromatic carbocycles. The molecule has 7 heteroatoms. The highest BCUT2D eigenvalue weighted by Gasteiger charge is 2.23. The highest BCUT2D eigenvalue weighted by Crippen LogP contribution is 2.24. The maximum Gasteiger partial charge on any atom is 0.229 e. The molecule has 27 heavy (non-hydrogen) atoms. The normalized spacial score (nSPS) is 17.3. The second-order valence-corrected chi connectivity index (χ2v) is 6.68. The van der Waals surface area contributed by atoms with Crippen molar-refractivity contribution in [3.05, 3.63) is 47.9 Å². The van der Waals surface area contributed by atoms with Crippen LogP contribution in [0, 0.1) is 0 Å². The van der Waals surface area contributed by atoms with E-state index in [1.807, 2.05) is 24.4 Å². The smallest absolute Gasteiger partial charge is 0.229 e. The van der Waals surface area contributed by atoms with E-state index in [0.717, 1.165) is 29.9 Å². The first-order valence-corrected chi connectivity index (χ1v) is 9.40. The van der Waals surface area contributed by atoms with Crippen LogP contribution in [0.4, 0.5) is 11.8 Å². The summed E-state index contributed by atoms with van der Waals surface area (Å²) in [5, 5.41) is 4.40. The van der Waals surface area contributed by atoms with Gasteiger partial charge in [-0.3, -0.25) is 4.98 Å². The number of pyridine rings is 2. The van der Waals surface area contributed by atoms with E-state index in [1.165, 1.54) is 5.56 Å². The quantitative estimate of drug-likeness (QED) is 0.746. The van der Waals surface area contributed by atoms with Crippen molar-refractivity contribution in [2.45, 2.75) is 32.9 Å². The van der Waals surface area contributed by atoms with Crippen LogP contribution in [0.3, 0.4) is 0 Å². The van der Waals surface area contributed by atoms with E-state index in [2.05, 4.69) is 40.1 Å². The van der Waals surface area contributed by atoms with Crippen LogP contribution in [0.2, 0.25) is 0 Å². The van der Waals surface area contributed by atoms with Crippen molar-refractivity contribution in [3.63, 3.8) is 0 Å². The number of hydrogen-bond acceptors (Lipinski definition) is 7. The fourth-order valence-corrected chi connectivity index (χ4v) is 3.37. The van der Waals surface area contributed by atoms with Crippen molar-refractivity contribution in [3.8, 4) is 0 Å². The van der Waals surface area contributed by atoms with Crippen molar-refractivity contribution >= 4 is 22.8 Å². The number of aromatic nitrogens is 4. The minimum atomic E-state index is 0.234. The Hall–Kier alpha value is -2.80. The summed E-state index contributed by atoms with van der Waals surface area (Å²) in [4.78, 5) is 20.6. The molecule has 0 amide bonds. The molecule has 3 aromatic rings. The molecule has 0 bridgehead atoms. The zero-order valence-electron chi connectivity index (χ0n) is 15.7. The van der Waals surface area contributed by atoms with Gasteiger partial charge in [-0.05, 0) is 37.1 Å². The van der Waals surface area contributed by atoms with E-state index >= 15 is 0 Å². The van der Waals surface area contributed by atoms with Crippen molar-refractivity contribution in [1.29, 1.82) is 0 Å². The predicted octanol–water partition coefficient (Wildman–Crippen LogP) is 2.82. The van der Waals surface area contributed by atoms with Crippen LogP contribution >= 0.6 is 0 Å². The third-order valence-corrected chi connectivity index (χ3v) is 4.85.